The number of nitrogens with one attached hydrogen (secondary N) is 2. The molecule has 0 bridgehead atoms. The van der Waals surface area contributed by atoms with E-state index in [-0.39, 0.29) is 12.0 Å². The van der Waals surface area contributed by atoms with Gasteiger partial charge in [0.15, 0.2) is 23.1 Å². The molecule has 2 N–H and O–H groups in total. The van der Waals surface area contributed by atoms with Crippen molar-refractivity contribution in [2.45, 2.75) is 32.5 Å². The predicted molar refractivity (Wildman–Crippen MR) is 80.0 cm³/mol. The lowest BCUT2D eigenvalue weighted by Crippen LogP contribution is -2.19. The van der Waals surface area contributed by atoms with Crippen LogP contribution in [0.5, 0.6) is 0 Å². The summed E-state index contributed by atoms with van der Waals surface area (Å²) in [7, 11) is 0. The van der Waals surface area contributed by atoms with Gasteiger partial charge in [-0.25, -0.2) is 18.2 Å². The number of nitrogens with zero attached hydrogens (tertiary/aromatic N) is 2. The molecule has 0 amide bonds. The Labute approximate surface area is 139 Å². The van der Waals surface area contributed by atoms with E-state index in [9.17, 15) is 26.3 Å². The summed E-state index contributed by atoms with van der Waals surface area (Å²) in [6, 6.07) is 1.83. The van der Waals surface area contributed by atoms with Crippen LogP contribution in [0.25, 0.3) is 0 Å². The van der Waals surface area contributed by atoms with Crippen LogP contribution in [-0.4, -0.2) is 16.0 Å². The van der Waals surface area contributed by atoms with Gasteiger partial charge < -0.3 is 10.6 Å². The lowest BCUT2D eigenvalue weighted by Gasteiger charge is -2.15. The lowest BCUT2D eigenvalue weighted by molar-refractivity contribution is -0.141. The fraction of sp³-hybridized carbons (Fsp3) is 0.333. The number of halogens is 6. The van der Waals surface area contributed by atoms with Crippen LogP contribution in [0.3, 0.4) is 0 Å². The highest BCUT2D eigenvalue weighted by molar-refractivity contribution is 5.58. The van der Waals surface area contributed by atoms with E-state index in [1.165, 1.54) is 0 Å². The molecule has 10 heteroatoms. The summed E-state index contributed by atoms with van der Waals surface area (Å²) in [6.45, 7) is 3.52. The second-order valence-corrected chi connectivity index (χ2v) is 5.26. The van der Waals surface area contributed by atoms with Crippen molar-refractivity contribution in [3.8, 4) is 0 Å². The number of rotatable bonds is 5. The molecule has 0 aliphatic carbocycles. The minimum Gasteiger partial charge on any atom is -0.352 e. The number of benzene rings is 1. The van der Waals surface area contributed by atoms with Gasteiger partial charge in [-0.2, -0.15) is 18.2 Å². The normalized spacial score (nSPS) is 12.8. The molecule has 0 aliphatic rings. The van der Waals surface area contributed by atoms with Gasteiger partial charge in [-0.1, -0.05) is 6.92 Å². The van der Waals surface area contributed by atoms with Gasteiger partial charge in [-0.15, -0.1) is 0 Å². The molecule has 0 unspecified atom stereocenters. The molecule has 1 aromatic carbocycles. The van der Waals surface area contributed by atoms with Crippen molar-refractivity contribution in [1.29, 1.82) is 0 Å². The van der Waals surface area contributed by atoms with Crippen LogP contribution < -0.4 is 10.6 Å². The van der Waals surface area contributed by atoms with E-state index >= 15 is 0 Å². The van der Waals surface area contributed by atoms with Crippen molar-refractivity contribution in [3.05, 3.63) is 41.3 Å². The van der Waals surface area contributed by atoms with Gasteiger partial charge in [0, 0.05) is 12.1 Å². The Kier molecular flexibility index (Phi) is 5.39. The third-order valence-electron chi connectivity index (χ3n) is 3.30. The molecule has 0 radical (unpaired) electrons. The Hall–Kier alpha value is -2.52. The Bertz CT molecular complexity index is 762. The highest BCUT2D eigenvalue weighted by Gasteiger charge is 2.34. The standard InChI is InChI=1S/C15H14F6N4/c1-3-7(2)22-14-24-10(15(19,20)21)6-11(25-14)23-9-5-4-8(16)12(17)13(9)18/h4-7H,3H2,1-2H3,(H2,22,23,24,25)/t7-/m0/s1. The molecule has 0 saturated heterocycles. The summed E-state index contributed by atoms with van der Waals surface area (Å²) in [5.74, 6) is -5.47. The number of alkyl halides is 3. The maximum absolute atomic E-state index is 13.7. The molecule has 4 nitrogen and oxygen atoms in total. The molecular formula is C15H14F6N4. The Morgan fingerprint density at radius 2 is 1.76 bits per heavy atom. The minimum atomic E-state index is -4.77. The molecule has 0 fully saturated rings. The fourth-order valence-corrected chi connectivity index (χ4v) is 1.80. The number of hydrogen-bond donors (Lipinski definition) is 2. The van der Waals surface area contributed by atoms with Crippen LogP contribution in [0, 0.1) is 17.5 Å². The summed E-state index contributed by atoms with van der Waals surface area (Å²) in [6.07, 6.45) is -4.17. The Balaban J connectivity index is 2.42. The van der Waals surface area contributed by atoms with Gasteiger partial charge >= 0.3 is 6.18 Å². The molecule has 136 valence electrons. The third-order valence-corrected chi connectivity index (χ3v) is 3.30. The molecule has 2 rings (SSSR count). The molecule has 0 spiro atoms. The van der Waals surface area contributed by atoms with Gasteiger partial charge in [0.1, 0.15) is 5.82 Å². The zero-order valence-corrected chi connectivity index (χ0v) is 13.2. The second-order valence-electron chi connectivity index (χ2n) is 5.26. The van der Waals surface area contributed by atoms with Crippen LogP contribution in [0.2, 0.25) is 0 Å². The monoisotopic (exact) mass is 364 g/mol. The van der Waals surface area contributed by atoms with Crippen molar-refractivity contribution >= 4 is 17.5 Å². The van der Waals surface area contributed by atoms with Crippen LogP contribution in [-0.2, 0) is 6.18 Å². The smallest absolute Gasteiger partial charge is 0.352 e. The maximum atomic E-state index is 13.7. The first kappa shape index (κ1) is 18.8. The van der Waals surface area contributed by atoms with Crippen molar-refractivity contribution in [2.75, 3.05) is 10.6 Å². The highest BCUT2D eigenvalue weighted by atomic mass is 19.4. The minimum absolute atomic E-state index is 0.212. The molecule has 0 aliphatic heterocycles. The largest absolute Gasteiger partial charge is 0.433 e. The molecule has 1 atom stereocenters. The van der Waals surface area contributed by atoms with E-state index in [1.54, 1.807) is 13.8 Å². The van der Waals surface area contributed by atoms with E-state index in [1.807, 2.05) is 0 Å². The van der Waals surface area contributed by atoms with Crippen molar-refractivity contribution in [1.82, 2.24) is 9.97 Å². The van der Waals surface area contributed by atoms with Gasteiger partial charge in [-0.05, 0) is 25.5 Å². The van der Waals surface area contributed by atoms with Gasteiger partial charge in [0.05, 0.1) is 5.69 Å². The number of hydrogen-bond acceptors (Lipinski definition) is 4. The van der Waals surface area contributed by atoms with Crippen molar-refractivity contribution in [2.24, 2.45) is 0 Å². The first-order chi connectivity index (χ1) is 11.6. The first-order valence-electron chi connectivity index (χ1n) is 7.25. The second kappa shape index (κ2) is 7.16. The van der Waals surface area contributed by atoms with E-state index in [4.69, 9.17) is 0 Å². The summed E-state index contributed by atoms with van der Waals surface area (Å²) >= 11 is 0. The SMILES string of the molecule is CC[C@H](C)Nc1nc(Nc2ccc(F)c(F)c2F)cc(C(F)(F)F)n1. The zero-order chi connectivity index (χ0) is 18.8. The van der Waals surface area contributed by atoms with Crippen molar-refractivity contribution < 1.29 is 26.3 Å². The lowest BCUT2D eigenvalue weighted by atomic mass is 10.2. The summed E-state index contributed by atoms with van der Waals surface area (Å²) in [5.41, 5.74) is -1.82. The average Bonchev–Trinajstić information content (AvgIpc) is 2.54. The summed E-state index contributed by atoms with van der Waals surface area (Å²) in [5, 5.41) is 4.89. The molecule has 1 heterocycles. The maximum Gasteiger partial charge on any atom is 0.433 e. The van der Waals surface area contributed by atoms with Crippen LogP contribution in [0.15, 0.2) is 18.2 Å². The van der Waals surface area contributed by atoms with Crippen molar-refractivity contribution in [3.63, 3.8) is 0 Å². The van der Waals surface area contributed by atoms with E-state index in [0.29, 0.717) is 18.6 Å². The predicted octanol–water partition coefficient (Wildman–Crippen LogP) is 4.87. The Morgan fingerprint density at radius 1 is 1.08 bits per heavy atom. The van der Waals surface area contributed by atoms with E-state index in [0.717, 1.165) is 6.07 Å². The number of anilines is 3. The average molecular weight is 364 g/mol. The third kappa shape index (κ3) is 4.52. The Morgan fingerprint density at radius 3 is 2.36 bits per heavy atom. The molecule has 25 heavy (non-hydrogen) atoms. The molecular weight excluding hydrogens is 350 g/mol. The van der Waals surface area contributed by atoms with Gasteiger partial charge in [0.25, 0.3) is 0 Å². The van der Waals surface area contributed by atoms with Crippen LogP contribution >= 0.6 is 0 Å². The summed E-state index contributed by atoms with van der Waals surface area (Å²) < 4.78 is 78.8. The quantitative estimate of drug-likeness (QED) is 0.587. The zero-order valence-electron chi connectivity index (χ0n) is 13.2. The topological polar surface area (TPSA) is 49.8 Å². The van der Waals surface area contributed by atoms with Crippen LogP contribution in [0.1, 0.15) is 26.0 Å². The number of aromatic nitrogens is 2. The van der Waals surface area contributed by atoms with E-state index < -0.39 is 40.8 Å². The van der Waals surface area contributed by atoms with Gasteiger partial charge in [0.2, 0.25) is 5.95 Å². The molecule has 1 aromatic heterocycles. The fourth-order valence-electron chi connectivity index (χ4n) is 1.80. The first-order valence-corrected chi connectivity index (χ1v) is 7.25. The molecule has 2 aromatic rings. The molecule has 0 saturated carbocycles. The van der Waals surface area contributed by atoms with Gasteiger partial charge in [-0.3, -0.25) is 0 Å². The summed E-state index contributed by atoms with van der Waals surface area (Å²) in [4.78, 5) is 7.18. The van der Waals surface area contributed by atoms with E-state index in [2.05, 4.69) is 20.6 Å². The van der Waals surface area contributed by atoms with Crippen LogP contribution in [0.4, 0.5) is 43.8 Å². The highest BCUT2D eigenvalue weighted by Crippen LogP contribution is 2.31.